The molecule has 0 saturated heterocycles. The molecule has 0 aromatic heterocycles. The third-order valence-corrected chi connectivity index (χ3v) is 3.50. The van der Waals surface area contributed by atoms with Crippen molar-refractivity contribution in [2.75, 3.05) is 0 Å². The van der Waals surface area contributed by atoms with E-state index in [-0.39, 0.29) is 37.7 Å². The molecule has 0 bridgehead atoms. The molecule has 0 spiro atoms. The van der Waals surface area contributed by atoms with Gasteiger partial charge in [0.25, 0.3) is 0 Å². The maximum atomic E-state index is 9.66. The first-order valence-electron chi connectivity index (χ1n) is 7.34. The van der Waals surface area contributed by atoms with Gasteiger partial charge in [-0.1, -0.05) is 65.7 Å². The first-order valence-corrected chi connectivity index (χ1v) is 8.09. The van der Waals surface area contributed by atoms with Crippen molar-refractivity contribution in [1.29, 1.82) is 0 Å². The second kappa shape index (κ2) is 15.6. The zero-order valence-electron chi connectivity index (χ0n) is 14.8. The van der Waals surface area contributed by atoms with Crippen LogP contribution < -0.4 is 10.2 Å². The molecule has 2 aromatic carbocycles. The predicted octanol–water partition coefficient (Wildman–Crippen LogP) is 0.608. The molecule has 1 unspecified atom stereocenters. The number of carboxylic acid groups (broad SMARTS) is 3. The second-order valence-corrected chi connectivity index (χ2v) is 5.68. The van der Waals surface area contributed by atoms with Crippen molar-refractivity contribution >= 4 is 78.8 Å². The Balaban J connectivity index is 0. The van der Waals surface area contributed by atoms with E-state index in [1.165, 1.54) is 0 Å². The van der Waals surface area contributed by atoms with E-state index in [0.29, 0.717) is 10.0 Å². The molecule has 7 nitrogen and oxygen atoms in total. The molecular weight excluding hydrogens is 439 g/mol. The first kappa shape index (κ1) is 28.9. The molecule has 0 fully saturated rings. The summed E-state index contributed by atoms with van der Waals surface area (Å²) in [7, 11) is 0. The van der Waals surface area contributed by atoms with Gasteiger partial charge in [0, 0.05) is 11.5 Å². The molecule has 0 radical (unpaired) electrons. The zero-order valence-corrected chi connectivity index (χ0v) is 18.5. The van der Waals surface area contributed by atoms with Crippen molar-refractivity contribution in [3.05, 3.63) is 58.6 Å². The molecule has 0 aliphatic rings. The van der Waals surface area contributed by atoms with Crippen LogP contribution >= 0.6 is 23.2 Å². The summed E-state index contributed by atoms with van der Waals surface area (Å²) in [6.07, 6.45) is -2.72. The molecule has 0 saturated carbocycles. The van der Waals surface area contributed by atoms with E-state index in [4.69, 9.17) is 43.3 Å². The first-order chi connectivity index (χ1) is 12.6. The normalized spacial score (nSPS) is 10.0. The van der Waals surface area contributed by atoms with E-state index in [2.05, 4.69) is 0 Å². The van der Waals surface area contributed by atoms with Gasteiger partial charge in [0.15, 0.2) is 0 Å². The van der Waals surface area contributed by atoms with Crippen LogP contribution in [0.4, 0.5) is 0 Å². The number of hydrogen-bond donors (Lipinski definition) is 2. The van der Waals surface area contributed by atoms with Gasteiger partial charge in [0.2, 0.25) is 0 Å². The molecule has 0 aliphatic heterocycles. The minimum Gasteiger partial charge on any atom is -0.550 e. The van der Waals surface area contributed by atoms with Gasteiger partial charge < -0.3 is 30.0 Å². The Kier molecular flexibility index (Phi) is 16.0. The number of aliphatic hydroxyl groups is 1. The average molecular weight is 455 g/mol. The topological polar surface area (TPSA) is 138 Å². The van der Waals surface area contributed by atoms with Crippen LogP contribution in [0.3, 0.4) is 0 Å². The number of carboxylic acids is 3. The summed E-state index contributed by atoms with van der Waals surface area (Å²) in [5.74, 6) is -4.22. The number of carbonyl (C=O) groups excluding carboxylic acids is 2. The zero-order chi connectivity index (χ0) is 21.0. The maximum Gasteiger partial charge on any atom is 2.00 e. The molecule has 2 rings (SSSR count). The van der Waals surface area contributed by atoms with Crippen LogP contribution in [0.25, 0.3) is 11.1 Å². The van der Waals surface area contributed by atoms with Gasteiger partial charge in [-0.3, -0.25) is 4.79 Å². The average Bonchev–Trinajstić information content (AvgIpc) is 2.57. The summed E-state index contributed by atoms with van der Waals surface area (Å²) in [5, 5.41) is 35.8. The van der Waals surface area contributed by atoms with Crippen molar-refractivity contribution in [3.8, 4) is 11.1 Å². The van der Waals surface area contributed by atoms with Crippen LogP contribution in [-0.2, 0) is 14.4 Å². The summed E-state index contributed by atoms with van der Waals surface area (Å²) in [5.41, 5.74) is 2.06. The van der Waals surface area contributed by atoms with Crippen LogP contribution in [0.1, 0.15) is 13.3 Å². The molecule has 0 heterocycles. The molecule has 28 heavy (non-hydrogen) atoms. The van der Waals surface area contributed by atoms with E-state index in [9.17, 15) is 14.7 Å². The summed E-state index contributed by atoms with van der Waals surface area (Å²) in [6.45, 7) is 0.972. The molecular formula is C18H16CaCl2O7. The van der Waals surface area contributed by atoms with Crippen LogP contribution in [0.5, 0.6) is 0 Å². The van der Waals surface area contributed by atoms with Crippen LogP contribution in [-0.4, -0.2) is 72.0 Å². The summed E-state index contributed by atoms with van der Waals surface area (Å²) < 4.78 is 0. The Hall–Kier alpha value is -1.35. The predicted molar refractivity (Wildman–Crippen MR) is 102 cm³/mol. The van der Waals surface area contributed by atoms with E-state index >= 15 is 0 Å². The number of aliphatic hydroxyl groups excluding tert-OH is 1. The van der Waals surface area contributed by atoms with Gasteiger partial charge in [-0.2, -0.15) is 0 Å². The van der Waals surface area contributed by atoms with Crippen LogP contribution in [0, 0.1) is 0 Å². The number of aliphatic carboxylic acids is 3. The molecule has 10 heteroatoms. The van der Waals surface area contributed by atoms with E-state index in [1.807, 2.05) is 42.5 Å². The van der Waals surface area contributed by atoms with Gasteiger partial charge in [0.1, 0.15) is 6.10 Å². The minimum absolute atomic E-state index is 0. The molecule has 0 amide bonds. The summed E-state index contributed by atoms with van der Waals surface area (Å²) in [4.78, 5) is 28.2. The van der Waals surface area contributed by atoms with Crippen LogP contribution in [0.15, 0.2) is 48.5 Å². The summed E-state index contributed by atoms with van der Waals surface area (Å²) in [6, 6.07) is 15.6. The SMILES string of the molecule is CC(=O)[O-].Clc1cccc(-c2ccccc2)c1Cl.O=C(O)CC(O)C(=O)[O-].[Ca+2]. The van der Waals surface area contributed by atoms with Crippen molar-refractivity contribution in [3.63, 3.8) is 0 Å². The molecule has 1 atom stereocenters. The molecule has 2 aromatic rings. The number of rotatable bonds is 4. The monoisotopic (exact) mass is 454 g/mol. The maximum absolute atomic E-state index is 9.66. The van der Waals surface area contributed by atoms with Gasteiger partial charge in [-0.25, -0.2) is 0 Å². The van der Waals surface area contributed by atoms with Crippen LogP contribution in [0.2, 0.25) is 10.0 Å². The number of carbonyl (C=O) groups is 3. The van der Waals surface area contributed by atoms with Crippen molar-refractivity contribution in [2.45, 2.75) is 19.4 Å². The number of hydrogen-bond acceptors (Lipinski definition) is 6. The molecule has 146 valence electrons. The fraction of sp³-hybridized carbons (Fsp3) is 0.167. The quantitative estimate of drug-likeness (QED) is 0.645. The van der Waals surface area contributed by atoms with Crippen molar-refractivity contribution in [2.24, 2.45) is 0 Å². The van der Waals surface area contributed by atoms with E-state index < -0.39 is 30.4 Å². The van der Waals surface area contributed by atoms with Crippen molar-refractivity contribution < 1.29 is 34.8 Å². The summed E-state index contributed by atoms with van der Waals surface area (Å²) >= 11 is 12.0. The molecule has 2 N–H and O–H groups in total. The Morgan fingerprint density at radius 1 is 1.00 bits per heavy atom. The minimum atomic E-state index is -1.90. The smallest absolute Gasteiger partial charge is 0.550 e. The van der Waals surface area contributed by atoms with Gasteiger partial charge in [0.05, 0.1) is 22.4 Å². The van der Waals surface area contributed by atoms with Gasteiger partial charge in [-0.15, -0.1) is 0 Å². The fourth-order valence-electron chi connectivity index (χ4n) is 1.59. The molecule has 0 aliphatic carbocycles. The van der Waals surface area contributed by atoms with E-state index in [0.717, 1.165) is 18.1 Å². The second-order valence-electron chi connectivity index (χ2n) is 4.89. The number of halogens is 2. The Labute approximate surface area is 201 Å². The van der Waals surface area contributed by atoms with E-state index in [1.54, 1.807) is 6.07 Å². The Morgan fingerprint density at radius 3 is 1.89 bits per heavy atom. The third-order valence-electron chi connectivity index (χ3n) is 2.68. The van der Waals surface area contributed by atoms with Gasteiger partial charge in [-0.05, 0) is 18.6 Å². The number of benzene rings is 2. The van der Waals surface area contributed by atoms with Gasteiger partial charge >= 0.3 is 43.7 Å². The standard InChI is InChI=1S/C12H8Cl2.C4H6O5.C2H4O2.Ca/c13-11-8-4-7-10(12(11)14)9-5-2-1-3-6-9;5-2(4(8)9)1-3(6)7;1-2(3)4;/h1-8H;2,5H,1H2,(H,6,7)(H,8,9);1H3,(H,3,4);/q;;;+2/p-2. The Bertz CT molecular complexity index is 766. The third kappa shape index (κ3) is 12.9. The van der Waals surface area contributed by atoms with Crippen molar-refractivity contribution in [1.82, 2.24) is 0 Å². The Morgan fingerprint density at radius 2 is 1.50 bits per heavy atom. The fourth-order valence-corrected chi connectivity index (χ4v) is 2.00. The largest absolute Gasteiger partial charge is 2.00 e.